The van der Waals surface area contributed by atoms with Gasteiger partial charge >= 0.3 is 0 Å². The Morgan fingerprint density at radius 2 is 2.16 bits per heavy atom. The number of pyridine rings is 1. The number of anilines is 1. The van der Waals surface area contributed by atoms with Crippen LogP contribution in [0.2, 0.25) is 5.02 Å². The van der Waals surface area contributed by atoms with E-state index in [0.717, 1.165) is 6.07 Å². The summed E-state index contributed by atoms with van der Waals surface area (Å²) in [6, 6.07) is 3.85. The van der Waals surface area contributed by atoms with Crippen molar-refractivity contribution in [2.75, 3.05) is 18.5 Å². The number of hydrogen-bond donors (Lipinski definition) is 2. The van der Waals surface area contributed by atoms with Crippen LogP contribution in [0.3, 0.4) is 0 Å². The van der Waals surface area contributed by atoms with Crippen molar-refractivity contribution >= 4 is 39.3 Å². The van der Waals surface area contributed by atoms with Gasteiger partial charge in [-0.25, -0.2) is 18.1 Å². The van der Waals surface area contributed by atoms with Crippen molar-refractivity contribution in [1.82, 2.24) is 14.3 Å². The summed E-state index contributed by atoms with van der Waals surface area (Å²) in [6.45, 7) is 2.48. The Hall–Kier alpha value is -2.78. The molecule has 2 aromatic rings. The zero-order valence-electron chi connectivity index (χ0n) is 16.3. The van der Waals surface area contributed by atoms with Crippen LogP contribution in [0.15, 0.2) is 23.1 Å². The Bertz CT molecular complexity index is 1260. The van der Waals surface area contributed by atoms with E-state index in [-0.39, 0.29) is 45.9 Å². The second-order valence-electron chi connectivity index (χ2n) is 7.51. The van der Waals surface area contributed by atoms with E-state index in [9.17, 15) is 17.6 Å². The van der Waals surface area contributed by atoms with Gasteiger partial charge in [0.15, 0.2) is 0 Å². The molecule has 4 heterocycles. The number of sulfonamides is 1. The zero-order valence-corrected chi connectivity index (χ0v) is 17.8. The molecule has 2 aromatic heterocycles. The third-order valence-corrected chi connectivity index (χ3v) is 7.06. The summed E-state index contributed by atoms with van der Waals surface area (Å²) in [6.07, 6.45) is 3.96. The number of allylic oxidation sites excluding steroid dienone is 1. The molecule has 0 unspecified atom stereocenters. The minimum absolute atomic E-state index is 0.00585. The number of carbonyl (C=O) groups is 1. The third kappa shape index (κ3) is 3.95. The van der Waals surface area contributed by atoms with Crippen LogP contribution in [-0.2, 0) is 21.3 Å². The van der Waals surface area contributed by atoms with E-state index in [1.165, 1.54) is 10.6 Å². The molecule has 1 amide bonds. The predicted octanol–water partition coefficient (Wildman–Crippen LogP) is 2.28. The molecule has 12 heteroatoms. The van der Waals surface area contributed by atoms with Crippen LogP contribution in [0.1, 0.15) is 35.2 Å². The molecular weight excluding hydrogens is 449 g/mol. The van der Waals surface area contributed by atoms with Gasteiger partial charge in [0.1, 0.15) is 22.4 Å². The first kappa shape index (κ1) is 21.5. The molecule has 9 nitrogen and oxygen atoms in total. The number of carbonyl (C=O) groups excluding carboxylic acids is 1. The van der Waals surface area contributed by atoms with Crippen LogP contribution < -0.4 is 10.0 Å². The van der Waals surface area contributed by atoms with E-state index in [4.69, 9.17) is 21.6 Å². The van der Waals surface area contributed by atoms with Crippen LogP contribution in [0.4, 0.5) is 10.1 Å². The average Bonchev–Trinajstić information content (AvgIpc) is 2.98. The monoisotopic (exact) mass is 465 g/mol. The van der Waals surface area contributed by atoms with Crippen molar-refractivity contribution < 1.29 is 22.3 Å². The van der Waals surface area contributed by atoms with E-state index in [0.29, 0.717) is 13.0 Å². The largest absolute Gasteiger partial charge is 0.377 e. The number of ether oxygens (including phenoxy) is 1. The van der Waals surface area contributed by atoms with E-state index in [1.807, 2.05) is 0 Å². The number of nitrogens with one attached hydrogen (secondary N) is 2. The number of fused-ring (bicyclic) bond motifs is 1. The fourth-order valence-corrected chi connectivity index (χ4v) is 5.76. The maximum atomic E-state index is 13.6. The first-order chi connectivity index (χ1) is 14.6. The Morgan fingerprint density at radius 3 is 2.81 bits per heavy atom. The molecular formula is C19H17ClFN5O4S. The topological polar surface area (TPSA) is 126 Å². The van der Waals surface area contributed by atoms with Gasteiger partial charge in [-0.15, -0.1) is 0 Å². The lowest BCUT2D eigenvalue weighted by atomic mass is 10.0. The molecule has 1 saturated heterocycles. The fraction of sp³-hybridized carbons (Fsp3) is 0.316. The van der Waals surface area contributed by atoms with Gasteiger partial charge in [0.2, 0.25) is 16.0 Å². The quantitative estimate of drug-likeness (QED) is 0.652. The van der Waals surface area contributed by atoms with Gasteiger partial charge in [0.05, 0.1) is 29.5 Å². The molecule has 2 aliphatic rings. The number of rotatable bonds is 5. The summed E-state index contributed by atoms with van der Waals surface area (Å²) in [5.41, 5.74) is -0.790. The average molecular weight is 466 g/mol. The SMILES string of the molecule is CC1(NS(=O)(=O)c2c(Cl)c(C(=O)Nc3cc(F)nc(C#N)c3)n3c2C=CCC3)COC1. The van der Waals surface area contributed by atoms with Crippen LogP contribution >= 0.6 is 11.6 Å². The second-order valence-corrected chi connectivity index (χ2v) is 9.51. The van der Waals surface area contributed by atoms with Crippen molar-refractivity contribution in [3.8, 4) is 6.07 Å². The second kappa shape index (κ2) is 7.72. The lowest BCUT2D eigenvalue weighted by Gasteiger charge is -2.38. The number of amides is 1. The summed E-state index contributed by atoms with van der Waals surface area (Å²) in [7, 11) is -4.08. The highest BCUT2D eigenvalue weighted by Crippen LogP contribution is 2.36. The predicted molar refractivity (Wildman–Crippen MR) is 110 cm³/mol. The Balaban J connectivity index is 1.76. The third-order valence-electron chi connectivity index (χ3n) is 4.87. The number of aromatic nitrogens is 2. The van der Waals surface area contributed by atoms with Gasteiger partial charge in [-0.2, -0.15) is 9.65 Å². The number of nitrogens with zero attached hydrogens (tertiary/aromatic N) is 3. The zero-order chi connectivity index (χ0) is 22.4. The van der Waals surface area contributed by atoms with E-state index in [1.54, 1.807) is 25.1 Å². The van der Waals surface area contributed by atoms with Crippen molar-refractivity contribution in [3.05, 3.63) is 46.3 Å². The van der Waals surface area contributed by atoms with Gasteiger partial charge in [0.25, 0.3) is 5.91 Å². The van der Waals surface area contributed by atoms with Crippen LogP contribution in [0, 0.1) is 17.3 Å². The standard InChI is InChI=1S/C19H17ClFN5O4S/c1-19(9-30-10-19)25-31(28,29)17-13-4-2-3-5-26(13)16(15(17)20)18(27)24-11-6-12(8-22)23-14(21)7-11/h2,4,6-7,25H,3,5,9-10H2,1H3,(H,23,24,27). The Labute approximate surface area is 182 Å². The van der Waals surface area contributed by atoms with Gasteiger partial charge in [-0.1, -0.05) is 17.7 Å². The van der Waals surface area contributed by atoms with Gasteiger partial charge in [-0.05, 0) is 25.5 Å². The summed E-state index contributed by atoms with van der Waals surface area (Å²) in [4.78, 5) is 16.2. The molecule has 2 aliphatic heterocycles. The molecule has 0 radical (unpaired) electrons. The van der Waals surface area contributed by atoms with Crippen molar-refractivity contribution in [2.24, 2.45) is 0 Å². The Kier molecular flexibility index (Phi) is 5.35. The number of halogens is 2. The highest BCUT2D eigenvalue weighted by atomic mass is 35.5. The molecule has 0 bridgehead atoms. The first-order valence-electron chi connectivity index (χ1n) is 9.23. The molecule has 0 atom stereocenters. The van der Waals surface area contributed by atoms with Gasteiger partial charge in [0, 0.05) is 18.3 Å². The molecule has 4 rings (SSSR count). The molecule has 1 fully saturated rings. The van der Waals surface area contributed by atoms with Crippen molar-refractivity contribution in [2.45, 2.75) is 30.3 Å². The highest BCUT2D eigenvalue weighted by molar-refractivity contribution is 7.89. The molecule has 162 valence electrons. The van der Waals surface area contributed by atoms with Gasteiger partial charge in [-0.3, -0.25) is 4.79 Å². The lowest BCUT2D eigenvalue weighted by molar-refractivity contribution is -0.0523. The van der Waals surface area contributed by atoms with E-state index >= 15 is 0 Å². The lowest BCUT2D eigenvalue weighted by Crippen LogP contribution is -2.59. The fourth-order valence-electron chi connectivity index (χ4n) is 3.52. The van der Waals surface area contributed by atoms with Crippen LogP contribution in [-0.4, -0.2) is 42.6 Å². The summed E-state index contributed by atoms with van der Waals surface area (Å²) >= 11 is 6.44. The molecule has 0 spiro atoms. The minimum atomic E-state index is -4.08. The Morgan fingerprint density at radius 1 is 1.42 bits per heavy atom. The van der Waals surface area contributed by atoms with Crippen LogP contribution in [0.25, 0.3) is 6.08 Å². The summed E-state index contributed by atoms with van der Waals surface area (Å²) < 4.78 is 49.1. The van der Waals surface area contributed by atoms with Crippen molar-refractivity contribution in [3.63, 3.8) is 0 Å². The first-order valence-corrected chi connectivity index (χ1v) is 11.1. The number of hydrogen-bond acceptors (Lipinski definition) is 6. The van der Waals surface area contributed by atoms with Crippen molar-refractivity contribution in [1.29, 1.82) is 5.26 Å². The molecule has 0 aliphatic carbocycles. The van der Waals surface area contributed by atoms with E-state index in [2.05, 4.69) is 15.0 Å². The van der Waals surface area contributed by atoms with E-state index < -0.39 is 27.4 Å². The van der Waals surface area contributed by atoms with Crippen LogP contribution in [0.5, 0.6) is 0 Å². The molecule has 0 saturated carbocycles. The molecule has 31 heavy (non-hydrogen) atoms. The minimum Gasteiger partial charge on any atom is -0.377 e. The summed E-state index contributed by atoms with van der Waals surface area (Å²) in [5, 5.41) is 11.2. The maximum absolute atomic E-state index is 13.6. The smallest absolute Gasteiger partial charge is 0.273 e. The highest BCUT2D eigenvalue weighted by Gasteiger charge is 2.41. The van der Waals surface area contributed by atoms with Gasteiger partial charge < -0.3 is 14.6 Å². The number of nitriles is 1. The summed E-state index contributed by atoms with van der Waals surface area (Å²) in [5.74, 6) is -1.68. The normalized spacial score (nSPS) is 16.8. The molecule has 0 aromatic carbocycles. The maximum Gasteiger partial charge on any atom is 0.273 e. The molecule has 2 N–H and O–H groups in total.